The summed E-state index contributed by atoms with van der Waals surface area (Å²) < 4.78 is 6.13. The fourth-order valence-electron chi connectivity index (χ4n) is 2.96. The Kier molecular flexibility index (Phi) is 9.05. The number of ether oxygens (including phenoxy) is 1. The van der Waals surface area contributed by atoms with E-state index in [1.165, 1.54) is 47.9 Å². The van der Waals surface area contributed by atoms with E-state index in [4.69, 9.17) is 4.74 Å². The molecule has 0 N–H and O–H groups in total. The van der Waals surface area contributed by atoms with Gasteiger partial charge in [0, 0.05) is 10.7 Å². The Balaban J connectivity index is 2.16. The van der Waals surface area contributed by atoms with Crippen LogP contribution in [0.3, 0.4) is 0 Å². The molecular weight excluding hydrogens is 440 g/mol. The van der Waals surface area contributed by atoms with Gasteiger partial charge in [0.05, 0.1) is 6.61 Å². The molecule has 0 aromatic heterocycles. The lowest BCUT2D eigenvalue weighted by atomic mass is 9.98. The third-order valence-corrected chi connectivity index (χ3v) is 5.90. The normalized spacial score (nSPS) is 12.2. The Hall–Kier alpha value is -0.800. The fourth-order valence-corrected chi connectivity index (χ4v) is 3.80. The summed E-state index contributed by atoms with van der Waals surface area (Å²) in [5.74, 6) is 1.62. The maximum absolute atomic E-state index is 6.13. The van der Waals surface area contributed by atoms with Gasteiger partial charge in [0.25, 0.3) is 0 Å². The average Bonchev–Trinajstić information content (AvgIpc) is 2.67. The highest BCUT2D eigenvalue weighted by Crippen LogP contribution is 2.30. The molecule has 3 heteroatoms. The summed E-state index contributed by atoms with van der Waals surface area (Å²) in [6.07, 6.45) is 4.98. The summed E-state index contributed by atoms with van der Waals surface area (Å²) in [6, 6.07) is 15.1. The van der Waals surface area contributed by atoms with E-state index in [-0.39, 0.29) is 0 Å². The van der Waals surface area contributed by atoms with Crippen molar-refractivity contribution in [3.8, 4) is 16.9 Å². The van der Waals surface area contributed by atoms with Crippen LogP contribution in [0, 0.1) is 5.92 Å². The van der Waals surface area contributed by atoms with Crippen molar-refractivity contribution in [1.29, 1.82) is 0 Å². The van der Waals surface area contributed by atoms with Gasteiger partial charge in [0.1, 0.15) is 5.75 Å². The van der Waals surface area contributed by atoms with Crippen molar-refractivity contribution in [2.24, 2.45) is 5.92 Å². The number of rotatable bonds is 10. The van der Waals surface area contributed by atoms with Gasteiger partial charge in [-0.25, -0.2) is 0 Å². The van der Waals surface area contributed by atoms with Crippen molar-refractivity contribution >= 4 is 31.9 Å². The molecule has 0 aliphatic rings. The third-order valence-electron chi connectivity index (χ3n) is 4.65. The quantitative estimate of drug-likeness (QED) is 0.324. The zero-order valence-corrected chi connectivity index (χ0v) is 18.4. The van der Waals surface area contributed by atoms with Gasteiger partial charge in [-0.1, -0.05) is 95.3 Å². The molecule has 1 unspecified atom stereocenters. The molecule has 0 saturated heterocycles. The Morgan fingerprint density at radius 2 is 1.84 bits per heavy atom. The van der Waals surface area contributed by atoms with Crippen LogP contribution in [-0.2, 0) is 10.7 Å². The Bertz CT molecular complexity index is 654. The summed E-state index contributed by atoms with van der Waals surface area (Å²) in [5, 5.41) is 1.72. The second-order valence-corrected chi connectivity index (χ2v) is 7.64. The van der Waals surface area contributed by atoms with E-state index in [0.29, 0.717) is 5.92 Å². The molecule has 0 radical (unpaired) electrons. The lowest BCUT2D eigenvalue weighted by molar-refractivity contribution is 0.233. The maximum Gasteiger partial charge on any atom is 0.119 e. The Labute approximate surface area is 169 Å². The monoisotopic (exact) mass is 466 g/mol. The zero-order chi connectivity index (χ0) is 18.1. The van der Waals surface area contributed by atoms with Crippen molar-refractivity contribution in [3.05, 3.63) is 53.6 Å². The van der Waals surface area contributed by atoms with Crippen LogP contribution in [0.5, 0.6) is 5.75 Å². The van der Waals surface area contributed by atoms with Crippen LogP contribution in [0.4, 0.5) is 0 Å². The summed E-state index contributed by atoms with van der Waals surface area (Å²) in [4.78, 5) is 0. The third kappa shape index (κ3) is 6.14. The number of hydrogen-bond acceptors (Lipinski definition) is 1. The first-order valence-electron chi connectivity index (χ1n) is 9.18. The van der Waals surface area contributed by atoms with E-state index >= 15 is 0 Å². The van der Waals surface area contributed by atoms with Crippen molar-refractivity contribution < 1.29 is 4.74 Å². The lowest BCUT2D eigenvalue weighted by Gasteiger charge is -2.16. The van der Waals surface area contributed by atoms with Crippen LogP contribution >= 0.6 is 31.9 Å². The van der Waals surface area contributed by atoms with E-state index < -0.39 is 0 Å². The summed E-state index contributed by atoms with van der Waals surface area (Å²) in [7, 11) is 0. The van der Waals surface area contributed by atoms with E-state index in [9.17, 15) is 0 Å². The summed E-state index contributed by atoms with van der Waals surface area (Å²) >= 11 is 7.17. The number of unbranched alkanes of at least 4 members (excludes halogenated alkanes) is 1. The highest BCUT2D eigenvalue weighted by atomic mass is 79.9. The fraction of sp³-hybridized carbons (Fsp3) is 0.455. The molecular formula is C22H28Br2O. The summed E-state index contributed by atoms with van der Waals surface area (Å²) in [6.45, 7) is 5.32. The second-order valence-electron chi connectivity index (χ2n) is 6.51. The molecule has 2 rings (SSSR count). The second kappa shape index (κ2) is 11.0. The number of benzene rings is 2. The van der Waals surface area contributed by atoms with Gasteiger partial charge in [0.15, 0.2) is 0 Å². The van der Waals surface area contributed by atoms with Crippen molar-refractivity contribution in [3.63, 3.8) is 0 Å². The molecule has 0 aliphatic heterocycles. The molecule has 0 fully saturated rings. The van der Waals surface area contributed by atoms with Crippen LogP contribution < -0.4 is 4.74 Å². The molecule has 1 atom stereocenters. The van der Waals surface area contributed by atoms with E-state index in [1.807, 2.05) is 0 Å². The van der Waals surface area contributed by atoms with Gasteiger partial charge in [0.2, 0.25) is 0 Å². The van der Waals surface area contributed by atoms with Crippen LogP contribution in [0.2, 0.25) is 0 Å². The predicted molar refractivity (Wildman–Crippen MR) is 116 cm³/mol. The van der Waals surface area contributed by atoms with Gasteiger partial charge < -0.3 is 4.74 Å². The molecule has 0 heterocycles. The van der Waals surface area contributed by atoms with Crippen molar-refractivity contribution in [1.82, 2.24) is 0 Å². The first-order valence-corrected chi connectivity index (χ1v) is 11.4. The van der Waals surface area contributed by atoms with Gasteiger partial charge >= 0.3 is 0 Å². The van der Waals surface area contributed by atoms with Crippen LogP contribution in [-0.4, -0.2) is 6.61 Å². The van der Waals surface area contributed by atoms with Gasteiger partial charge in [-0.2, -0.15) is 0 Å². The number of halogens is 2. The summed E-state index contributed by atoms with van der Waals surface area (Å²) in [5.41, 5.74) is 5.08. The van der Waals surface area contributed by atoms with Gasteiger partial charge in [-0.15, -0.1) is 0 Å². The average molecular weight is 468 g/mol. The van der Waals surface area contributed by atoms with Crippen molar-refractivity contribution in [2.75, 3.05) is 6.61 Å². The predicted octanol–water partition coefficient (Wildman–Crippen LogP) is 7.74. The zero-order valence-electron chi connectivity index (χ0n) is 15.2. The minimum absolute atomic E-state index is 0.651. The van der Waals surface area contributed by atoms with Crippen molar-refractivity contribution in [2.45, 2.75) is 50.2 Å². The molecule has 0 saturated carbocycles. The van der Waals surface area contributed by atoms with Crippen LogP contribution in [0.1, 0.15) is 50.7 Å². The molecule has 25 heavy (non-hydrogen) atoms. The highest BCUT2D eigenvalue weighted by molar-refractivity contribution is 9.08. The molecule has 1 nitrogen and oxygen atoms in total. The molecule has 0 bridgehead atoms. The molecule has 0 amide bonds. The van der Waals surface area contributed by atoms with E-state index in [2.05, 4.69) is 88.2 Å². The SMILES string of the molecule is CCCCC(CC)COc1cccc(-c2cc(CBr)ccc2CBr)c1. The Morgan fingerprint density at radius 3 is 2.52 bits per heavy atom. The van der Waals surface area contributed by atoms with E-state index in [1.54, 1.807) is 0 Å². The van der Waals surface area contributed by atoms with Crippen LogP contribution in [0.25, 0.3) is 11.1 Å². The maximum atomic E-state index is 6.13. The molecule has 0 spiro atoms. The minimum atomic E-state index is 0.651. The topological polar surface area (TPSA) is 9.23 Å². The molecule has 2 aromatic carbocycles. The number of hydrogen-bond donors (Lipinski definition) is 0. The number of alkyl halides is 2. The van der Waals surface area contributed by atoms with E-state index in [0.717, 1.165) is 23.0 Å². The molecule has 0 aliphatic carbocycles. The molecule has 2 aromatic rings. The van der Waals surface area contributed by atoms with Gasteiger partial charge in [-0.3, -0.25) is 0 Å². The first-order chi connectivity index (χ1) is 12.2. The lowest BCUT2D eigenvalue weighted by Crippen LogP contribution is -2.11. The Morgan fingerprint density at radius 1 is 1.00 bits per heavy atom. The largest absolute Gasteiger partial charge is 0.493 e. The highest BCUT2D eigenvalue weighted by Gasteiger charge is 2.09. The standard InChI is InChI=1S/C22H28Br2O/c1-3-5-7-17(4-2)16-25-21-9-6-8-19(13-21)22-12-18(14-23)10-11-20(22)15-24/h6,8-13,17H,3-5,7,14-16H2,1-2H3. The molecule has 136 valence electrons. The first kappa shape index (κ1) is 20.5. The minimum Gasteiger partial charge on any atom is -0.493 e. The van der Waals surface area contributed by atoms with Gasteiger partial charge in [-0.05, 0) is 46.7 Å². The van der Waals surface area contributed by atoms with Crippen LogP contribution in [0.15, 0.2) is 42.5 Å². The smallest absolute Gasteiger partial charge is 0.119 e.